The number of hydrogen-bond donors (Lipinski definition) is 0. The summed E-state index contributed by atoms with van der Waals surface area (Å²) in [4.78, 5) is 7.12. The van der Waals surface area contributed by atoms with Crippen LogP contribution >= 0.6 is 0 Å². The summed E-state index contributed by atoms with van der Waals surface area (Å²) in [6.07, 6.45) is 13.8. The molecule has 0 amide bonds. The quantitative estimate of drug-likeness (QED) is 0.207. The fourth-order valence-corrected chi connectivity index (χ4v) is 8.01. The zero-order valence-corrected chi connectivity index (χ0v) is 30.4. The van der Waals surface area contributed by atoms with Crippen LogP contribution in [0.1, 0.15) is 62.8 Å². The van der Waals surface area contributed by atoms with E-state index in [0.717, 1.165) is 24.2 Å². The molecule has 0 fully saturated rings. The molecule has 0 unspecified atom stereocenters. The van der Waals surface area contributed by atoms with Crippen LogP contribution in [-0.2, 0) is 10.8 Å². The van der Waals surface area contributed by atoms with Crippen LogP contribution in [0, 0.1) is 13.8 Å². The maximum absolute atomic E-state index is 2.46. The van der Waals surface area contributed by atoms with Crippen molar-refractivity contribution in [2.75, 3.05) is 28.8 Å². The Balaban J connectivity index is 1.37. The van der Waals surface area contributed by atoms with Crippen molar-refractivity contribution in [3.05, 3.63) is 178 Å². The number of para-hydroxylation sites is 2. The number of nitrogens with zero attached hydrogens (tertiary/aromatic N) is 3. The van der Waals surface area contributed by atoms with Gasteiger partial charge in [-0.05, 0) is 97.0 Å². The van der Waals surface area contributed by atoms with Crippen LogP contribution in [-0.4, -0.2) is 14.1 Å². The van der Waals surface area contributed by atoms with Gasteiger partial charge in [0.1, 0.15) is 0 Å². The fourth-order valence-electron chi connectivity index (χ4n) is 8.01. The number of aryl methyl sites for hydroxylation is 2. The molecule has 3 nitrogen and oxygen atoms in total. The SMILES string of the molecule is Cc1ccc2c(c1)C(C)(C)C(/C=C/C1=C(N(c3ccccc3)c3ccccc3)C(=C/C=C3/N(C)c4ccc(C)cc4C3(C)C)/CC1)=CN2C. The van der Waals surface area contributed by atoms with Crippen LogP contribution < -0.4 is 14.7 Å². The molecule has 0 saturated carbocycles. The van der Waals surface area contributed by atoms with E-state index in [1.54, 1.807) is 0 Å². The van der Waals surface area contributed by atoms with Crippen molar-refractivity contribution in [1.29, 1.82) is 0 Å². The molecule has 0 bridgehead atoms. The minimum absolute atomic E-state index is 0.0867. The minimum atomic E-state index is -0.114. The lowest BCUT2D eigenvalue weighted by Crippen LogP contribution is -2.30. The van der Waals surface area contributed by atoms with E-state index < -0.39 is 0 Å². The van der Waals surface area contributed by atoms with Crippen molar-refractivity contribution in [1.82, 2.24) is 0 Å². The highest BCUT2D eigenvalue weighted by atomic mass is 15.2. The molecule has 3 aliphatic rings. The lowest BCUT2D eigenvalue weighted by atomic mass is 9.74. The maximum Gasteiger partial charge on any atom is 0.0525 e. The first-order valence-electron chi connectivity index (χ1n) is 17.6. The summed E-state index contributed by atoms with van der Waals surface area (Å²) in [6.45, 7) is 13.8. The molecule has 0 spiro atoms. The van der Waals surface area contributed by atoms with E-state index in [1.165, 1.54) is 61.7 Å². The van der Waals surface area contributed by atoms with Crippen molar-refractivity contribution in [3.8, 4) is 0 Å². The van der Waals surface area contributed by atoms with Crippen molar-refractivity contribution < 1.29 is 0 Å². The van der Waals surface area contributed by atoms with Crippen molar-refractivity contribution in [2.24, 2.45) is 0 Å². The van der Waals surface area contributed by atoms with Crippen LogP contribution in [0.25, 0.3) is 0 Å². The fraction of sp³-hybridized carbons (Fsp3) is 0.261. The molecule has 0 atom stereocenters. The van der Waals surface area contributed by atoms with Gasteiger partial charge in [-0.1, -0.05) is 118 Å². The second-order valence-electron chi connectivity index (χ2n) is 15.0. The maximum atomic E-state index is 2.46. The molecular formula is C46H49N3. The van der Waals surface area contributed by atoms with Crippen LogP contribution in [0.5, 0.6) is 0 Å². The summed E-state index contributed by atoms with van der Waals surface area (Å²) < 4.78 is 0. The third-order valence-corrected chi connectivity index (χ3v) is 10.9. The van der Waals surface area contributed by atoms with E-state index >= 15 is 0 Å². The van der Waals surface area contributed by atoms with Gasteiger partial charge < -0.3 is 14.7 Å². The number of hydrogen-bond acceptors (Lipinski definition) is 3. The first kappa shape index (κ1) is 32.5. The Morgan fingerprint density at radius 3 is 1.82 bits per heavy atom. The largest absolute Gasteiger partial charge is 0.350 e. The predicted molar refractivity (Wildman–Crippen MR) is 210 cm³/mol. The third kappa shape index (κ3) is 5.76. The number of anilines is 4. The minimum Gasteiger partial charge on any atom is -0.350 e. The average Bonchev–Trinajstić information content (AvgIpc) is 3.56. The summed E-state index contributed by atoms with van der Waals surface area (Å²) in [6, 6.07) is 35.3. The monoisotopic (exact) mass is 643 g/mol. The van der Waals surface area contributed by atoms with Gasteiger partial charge in [0.15, 0.2) is 0 Å². The van der Waals surface area contributed by atoms with Gasteiger partial charge in [-0.15, -0.1) is 0 Å². The first-order valence-corrected chi connectivity index (χ1v) is 17.6. The molecular weight excluding hydrogens is 595 g/mol. The Labute approximate surface area is 293 Å². The first-order chi connectivity index (χ1) is 23.5. The molecule has 0 saturated heterocycles. The number of benzene rings is 4. The number of allylic oxidation sites excluding steroid dienone is 8. The molecule has 7 rings (SSSR count). The van der Waals surface area contributed by atoms with Gasteiger partial charge in [0.05, 0.1) is 5.70 Å². The standard InChI is InChI=1S/C46H49N3/c1-32-19-26-41-39(29-32)45(3,4)36(31-47(41)7)25-23-34-21-22-35(24-28-43-46(5,6)40-30-33(2)20-27-42(40)48(43)8)44(34)49(37-15-11-9-12-16-37)38-17-13-10-14-18-38/h9-20,23-31H,21-22H2,1-8H3/b25-23+,35-24+,43-28+. The normalized spacial score (nSPS) is 19.6. The van der Waals surface area contributed by atoms with E-state index in [-0.39, 0.29) is 10.8 Å². The van der Waals surface area contributed by atoms with Gasteiger partial charge in [0.25, 0.3) is 0 Å². The Morgan fingerprint density at radius 2 is 1.20 bits per heavy atom. The Kier molecular flexibility index (Phi) is 8.27. The number of rotatable bonds is 6. The molecule has 0 aromatic heterocycles. The Morgan fingerprint density at radius 1 is 0.633 bits per heavy atom. The van der Waals surface area contributed by atoms with Crippen molar-refractivity contribution in [3.63, 3.8) is 0 Å². The van der Waals surface area contributed by atoms with Gasteiger partial charge in [0.2, 0.25) is 0 Å². The number of likely N-dealkylation sites (N-methyl/N-ethyl adjacent to an activating group) is 1. The zero-order valence-electron chi connectivity index (χ0n) is 30.4. The molecule has 2 aliphatic heterocycles. The lowest BCUT2D eigenvalue weighted by molar-refractivity contribution is 0.624. The van der Waals surface area contributed by atoms with Gasteiger partial charge in [-0.3, -0.25) is 0 Å². The van der Waals surface area contributed by atoms with E-state index in [2.05, 4.69) is 198 Å². The molecule has 49 heavy (non-hydrogen) atoms. The highest BCUT2D eigenvalue weighted by Crippen LogP contribution is 2.48. The third-order valence-electron chi connectivity index (χ3n) is 10.9. The number of fused-ring (bicyclic) bond motifs is 2. The van der Waals surface area contributed by atoms with Gasteiger partial charge in [-0.2, -0.15) is 0 Å². The molecule has 4 aromatic rings. The molecule has 248 valence electrons. The summed E-state index contributed by atoms with van der Waals surface area (Å²) >= 11 is 0. The van der Waals surface area contributed by atoms with Gasteiger partial charge in [-0.25, -0.2) is 0 Å². The van der Waals surface area contributed by atoms with Gasteiger partial charge in [0, 0.05) is 59.6 Å². The zero-order chi connectivity index (χ0) is 34.5. The summed E-state index contributed by atoms with van der Waals surface area (Å²) in [5.74, 6) is 0. The molecule has 2 heterocycles. The Hall–Kier alpha value is -5.02. The molecule has 0 radical (unpaired) electrons. The molecule has 3 heteroatoms. The highest BCUT2D eigenvalue weighted by Gasteiger charge is 2.38. The van der Waals surface area contributed by atoms with E-state index in [0.29, 0.717) is 0 Å². The summed E-state index contributed by atoms with van der Waals surface area (Å²) in [5, 5.41) is 0. The van der Waals surface area contributed by atoms with Gasteiger partial charge >= 0.3 is 0 Å². The molecule has 4 aromatic carbocycles. The lowest BCUT2D eigenvalue weighted by Gasteiger charge is -2.37. The predicted octanol–water partition coefficient (Wildman–Crippen LogP) is 11.6. The van der Waals surface area contributed by atoms with Crippen LogP contribution in [0.4, 0.5) is 22.7 Å². The van der Waals surface area contributed by atoms with E-state index in [9.17, 15) is 0 Å². The van der Waals surface area contributed by atoms with Crippen molar-refractivity contribution in [2.45, 2.75) is 65.2 Å². The average molecular weight is 644 g/mol. The smallest absolute Gasteiger partial charge is 0.0525 e. The highest BCUT2D eigenvalue weighted by molar-refractivity contribution is 5.75. The van der Waals surface area contributed by atoms with Crippen molar-refractivity contribution >= 4 is 22.7 Å². The second-order valence-corrected chi connectivity index (χ2v) is 15.0. The summed E-state index contributed by atoms with van der Waals surface area (Å²) in [5.41, 5.74) is 16.7. The van der Waals surface area contributed by atoms with Crippen LogP contribution in [0.2, 0.25) is 0 Å². The topological polar surface area (TPSA) is 9.72 Å². The van der Waals surface area contributed by atoms with Crippen LogP contribution in [0.15, 0.2) is 156 Å². The summed E-state index contributed by atoms with van der Waals surface area (Å²) in [7, 11) is 4.38. The van der Waals surface area contributed by atoms with Crippen LogP contribution in [0.3, 0.4) is 0 Å². The van der Waals surface area contributed by atoms with E-state index in [4.69, 9.17) is 0 Å². The second kappa shape index (κ2) is 12.5. The Bertz CT molecular complexity index is 2010. The molecule has 0 N–H and O–H groups in total. The molecule has 1 aliphatic carbocycles. The van der Waals surface area contributed by atoms with E-state index in [1.807, 2.05) is 0 Å².